The van der Waals surface area contributed by atoms with Crippen molar-refractivity contribution in [2.24, 2.45) is 0 Å². The smallest absolute Gasteiger partial charge is 0.292 e. The molecule has 0 radical (unpaired) electrons. The molecule has 0 atom stereocenters. The Hall–Kier alpha value is -1.99. The predicted octanol–water partition coefficient (Wildman–Crippen LogP) is 1.22. The predicted molar refractivity (Wildman–Crippen MR) is 86.0 cm³/mol. The second-order valence-corrected chi connectivity index (χ2v) is 5.84. The van der Waals surface area contributed by atoms with Crippen molar-refractivity contribution in [3.05, 3.63) is 35.7 Å². The quantitative estimate of drug-likeness (QED) is 0.778. The van der Waals surface area contributed by atoms with Gasteiger partial charge in [0.1, 0.15) is 24.7 Å². The van der Waals surface area contributed by atoms with Crippen LogP contribution in [0.1, 0.15) is 12.7 Å². The van der Waals surface area contributed by atoms with Gasteiger partial charge in [-0.25, -0.2) is 0 Å². The monoisotopic (exact) mass is 336 g/mol. The molecule has 132 valence electrons. The van der Waals surface area contributed by atoms with Crippen LogP contribution in [0.25, 0.3) is 0 Å². The van der Waals surface area contributed by atoms with E-state index in [1.807, 2.05) is 12.1 Å². The van der Waals surface area contributed by atoms with E-state index >= 15 is 0 Å². The van der Waals surface area contributed by atoms with Gasteiger partial charge >= 0.3 is 0 Å². The maximum atomic E-state index is 12.9. The summed E-state index contributed by atoms with van der Waals surface area (Å²) < 4.78 is 21.8. The molecule has 0 bridgehead atoms. The summed E-state index contributed by atoms with van der Waals surface area (Å²) in [6.45, 7) is 7.72. The molecule has 3 heterocycles. The lowest BCUT2D eigenvalue weighted by Crippen LogP contribution is -2.43. The van der Waals surface area contributed by atoms with Crippen molar-refractivity contribution in [1.82, 2.24) is 9.80 Å². The lowest BCUT2D eigenvalue weighted by atomic mass is 10.3. The molecule has 7 heteroatoms. The molecule has 0 aliphatic carbocycles. The van der Waals surface area contributed by atoms with Gasteiger partial charge in [-0.2, -0.15) is 0 Å². The Labute approximate surface area is 141 Å². The fourth-order valence-corrected chi connectivity index (χ4v) is 2.79. The van der Waals surface area contributed by atoms with Crippen LogP contribution in [-0.4, -0.2) is 68.3 Å². The van der Waals surface area contributed by atoms with Gasteiger partial charge in [-0.3, -0.25) is 9.69 Å². The molecule has 24 heavy (non-hydrogen) atoms. The summed E-state index contributed by atoms with van der Waals surface area (Å²) in [7, 11) is 0. The second-order valence-electron chi connectivity index (χ2n) is 5.84. The summed E-state index contributed by atoms with van der Waals surface area (Å²) in [4.78, 5) is 16.9. The number of carbonyl (C=O) groups is 1. The highest BCUT2D eigenvalue weighted by Gasteiger charge is 2.26. The molecule has 0 saturated carbocycles. The van der Waals surface area contributed by atoms with Crippen LogP contribution in [0.3, 0.4) is 0 Å². The van der Waals surface area contributed by atoms with Crippen molar-refractivity contribution in [3.8, 4) is 0 Å². The molecule has 0 spiro atoms. The van der Waals surface area contributed by atoms with Gasteiger partial charge in [0.05, 0.1) is 26.0 Å². The standard InChI is InChI=1S/C17H24N2O5/c1-14-16(24-12-11-22-14)17(20)19(13-15-3-2-8-23-15)5-4-18-6-9-21-10-7-18/h2-3,8H,4-7,9-13H2,1H3. The summed E-state index contributed by atoms with van der Waals surface area (Å²) in [5, 5.41) is 0. The Morgan fingerprint density at radius 1 is 1.21 bits per heavy atom. The van der Waals surface area contributed by atoms with Crippen molar-refractivity contribution in [1.29, 1.82) is 0 Å². The lowest BCUT2D eigenvalue weighted by molar-refractivity contribution is -0.134. The van der Waals surface area contributed by atoms with Gasteiger partial charge in [-0.15, -0.1) is 0 Å². The van der Waals surface area contributed by atoms with E-state index < -0.39 is 0 Å². The molecule has 7 nitrogen and oxygen atoms in total. The Bertz CT molecular complexity index is 564. The summed E-state index contributed by atoms with van der Waals surface area (Å²) in [5.74, 6) is 1.44. The zero-order valence-corrected chi connectivity index (χ0v) is 14.0. The Morgan fingerprint density at radius 2 is 2.00 bits per heavy atom. The molecule has 1 aromatic rings. The summed E-state index contributed by atoms with van der Waals surface area (Å²) in [6, 6.07) is 3.69. The van der Waals surface area contributed by atoms with Gasteiger partial charge in [-0.1, -0.05) is 0 Å². The highest BCUT2D eigenvalue weighted by Crippen LogP contribution is 2.17. The van der Waals surface area contributed by atoms with Crippen molar-refractivity contribution >= 4 is 5.91 Å². The van der Waals surface area contributed by atoms with Gasteiger partial charge in [0.15, 0.2) is 0 Å². The van der Waals surface area contributed by atoms with Crippen LogP contribution in [0, 0.1) is 0 Å². The highest BCUT2D eigenvalue weighted by molar-refractivity contribution is 5.92. The number of allylic oxidation sites excluding steroid dienone is 1. The van der Waals surface area contributed by atoms with E-state index in [0.29, 0.717) is 37.8 Å². The molecule has 0 unspecified atom stereocenters. The Balaban J connectivity index is 1.67. The minimum Gasteiger partial charge on any atom is -0.491 e. The molecule has 2 aliphatic heterocycles. The van der Waals surface area contributed by atoms with Gasteiger partial charge < -0.3 is 23.5 Å². The van der Waals surface area contributed by atoms with E-state index in [9.17, 15) is 4.79 Å². The molecule has 1 aromatic heterocycles. The van der Waals surface area contributed by atoms with Crippen LogP contribution in [0.15, 0.2) is 34.3 Å². The van der Waals surface area contributed by atoms with Crippen LogP contribution in [0.4, 0.5) is 0 Å². The molecule has 3 rings (SSSR count). The molecule has 0 N–H and O–H groups in total. The topological polar surface area (TPSA) is 64.4 Å². The van der Waals surface area contributed by atoms with E-state index in [1.165, 1.54) is 0 Å². The molecular formula is C17H24N2O5. The minimum atomic E-state index is -0.156. The van der Waals surface area contributed by atoms with Crippen molar-refractivity contribution in [2.45, 2.75) is 13.5 Å². The number of furan rings is 1. The van der Waals surface area contributed by atoms with Crippen molar-refractivity contribution in [3.63, 3.8) is 0 Å². The Morgan fingerprint density at radius 3 is 2.71 bits per heavy atom. The minimum absolute atomic E-state index is 0.156. The number of carbonyl (C=O) groups excluding carboxylic acids is 1. The number of morpholine rings is 1. The number of rotatable bonds is 6. The number of nitrogens with zero attached hydrogens (tertiary/aromatic N) is 2. The van der Waals surface area contributed by atoms with Crippen LogP contribution < -0.4 is 0 Å². The number of ether oxygens (including phenoxy) is 3. The number of hydrogen-bond donors (Lipinski definition) is 0. The zero-order chi connectivity index (χ0) is 16.8. The van der Waals surface area contributed by atoms with Crippen LogP contribution in [-0.2, 0) is 25.5 Å². The average Bonchev–Trinajstić information content (AvgIpc) is 3.12. The van der Waals surface area contributed by atoms with Crippen molar-refractivity contribution in [2.75, 3.05) is 52.6 Å². The van der Waals surface area contributed by atoms with E-state index in [4.69, 9.17) is 18.6 Å². The first-order valence-corrected chi connectivity index (χ1v) is 8.32. The van der Waals surface area contributed by atoms with Gasteiger partial charge in [0, 0.05) is 26.2 Å². The lowest BCUT2D eigenvalue weighted by Gasteiger charge is -2.30. The average molecular weight is 336 g/mol. The summed E-state index contributed by atoms with van der Waals surface area (Å²) in [5.41, 5.74) is 0. The maximum Gasteiger partial charge on any atom is 0.292 e. The molecule has 1 amide bonds. The van der Waals surface area contributed by atoms with Crippen LogP contribution in [0.5, 0.6) is 0 Å². The first-order chi connectivity index (χ1) is 11.7. The molecule has 1 saturated heterocycles. The number of amides is 1. The van der Waals surface area contributed by atoms with Crippen LogP contribution in [0.2, 0.25) is 0 Å². The summed E-state index contributed by atoms with van der Waals surface area (Å²) >= 11 is 0. The van der Waals surface area contributed by atoms with E-state index in [-0.39, 0.29) is 5.91 Å². The number of hydrogen-bond acceptors (Lipinski definition) is 6. The molecule has 1 fully saturated rings. The highest BCUT2D eigenvalue weighted by atomic mass is 16.6. The Kier molecular flexibility index (Phi) is 5.77. The first kappa shape index (κ1) is 16.9. The SMILES string of the molecule is CC1=C(C(=O)N(CCN2CCOCC2)Cc2ccco2)OCCO1. The third-order valence-electron chi connectivity index (χ3n) is 4.17. The fraction of sp³-hybridized carbons (Fsp3) is 0.588. The van der Waals surface area contributed by atoms with Gasteiger partial charge in [0.2, 0.25) is 5.76 Å². The molecule has 2 aliphatic rings. The van der Waals surface area contributed by atoms with Gasteiger partial charge in [0.25, 0.3) is 5.91 Å². The second kappa shape index (κ2) is 8.21. The van der Waals surface area contributed by atoms with E-state index in [2.05, 4.69) is 4.90 Å². The van der Waals surface area contributed by atoms with E-state index in [1.54, 1.807) is 18.1 Å². The zero-order valence-electron chi connectivity index (χ0n) is 14.0. The fourth-order valence-electron chi connectivity index (χ4n) is 2.79. The van der Waals surface area contributed by atoms with Crippen LogP contribution >= 0.6 is 0 Å². The third-order valence-corrected chi connectivity index (χ3v) is 4.17. The molecular weight excluding hydrogens is 312 g/mol. The van der Waals surface area contributed by atoms with Gasteiger partial charge in [-0.05, 0) is 19.1 Å². The largest absolute Gasteiger partial charge is 0.491 e. The van der Waals surface area contributed by atoms with Crippen molar-refractivity contribution < 1.29 is 23.4 Å². The first-order valence-electron chi connectivity index (χ1n) is 8.32. The molecule has 0 aromatic carbocycles. The third kappa shape index (κ3) is 4.30. The maximum absolute atomic E-state index is 12.9. The van der Waals surface area contributed by atoms with E-state index in [0.717, 1.165) is 38.6 Å². The normalized spacial score (nSPS) is 18.9. The summed E-state index contributed by atoms with van der Waals surface area (Å²) in [6.07, 6.45) is 1.62.